The SMILES string of the molecule is Cc1[nH]nc2cccc(N3CCNCC3)c12. The summed E-state index contributed by atoms with van der Waals surface area (Å²) in [7, 11) is 0. The van der Waals surface area contributed by atoms with Gasteiger partial charge in [0.2, 0.25) is 0 Å². The number of aromatic amines is 1. The summed E-state index contributed by atoms with van der Waals surface area (Å²) >= 11 is 0. The summed E-state index contributed by atoms with van der Waals surface area (Å²) in [5.41, 5.74) is 3.53. The van der Waals surface area contributed by atoms with E-state index in [9.17, 15) is 0 Å². The van der Waals surface area contributed by atoms with Gasteiger partial charge in [-0.3, -0.25) is 5.10 Å². The molecule has 16 heavy (non-hydrogen) atoms. The van der Waals surface area contributed by atoms with E-state index in [4.69, 9.17) is 0 Å². The minimum atomic E-state index is 1.06. The monoisotopic (exact) mass is 216 g/mol. The highest BCUT2D eigenvalue weighted by atomic mass is 15.2. The Labute approximate surface area is 94.6 Å². The Morgan fingerprint density at radius 2 is 2.06 bits per heavy atom. The number of rotatable bonds is 1. The van der Waals surface area contributed by atoms with Crippen LogP contribution in [0.15, 0.2) is 18.2 Å². The van der Waals surface area contributed by atoms with Crippen LogP contribution in [0.2, 0.25) is 0 Å². The lowest BCUT2D eigenvalue weighted by atomic mass is 10.1. The molecule has 2 heterocycles. The maximum Gasteiger partial charge on any atom is 0.0944 e. The molecule has 2 aromatic rings. The molecule has 1 aliphatic heterocycles. The average molecular weight is 216 g/mol. The lowest BCUT2D eigenvalue weighted by Crippen LogP contribution is -2.43. The Hall–Kier alpha value is -1.55. The van der Waals surface area contributed by atoms with Gasteiger partial charge in [-0.2, -0.15) is 5.10 Å². The number of nitrogens with one attached hydrogen (secondary N) is 2. The van der Waals surface area contributed by atoms with Crippen LogP contribution in [-0.4, -0.2) is 36.4 Å². The van der Waals surface area contributed by atoms with Gasteiger partial charge in [-0.1, -0.05) is 6.07 Å². The Kier molecular flexibility index (Phi) is 2.29. The molecular weight excluding hydrogens is 200 g/mol. The van der Waals surface area contributed by atoms with Crippen molar-refractivity contribution < 1.29 is 0 Å². The third kappa shape index (κ3) is 1.46. The molecule has 0 unspecified atom stereocenters. The molecule has 84 valence electrons. The van der Waals surface area contributed by atoms with Gasteiger partial charge in [0, 0.05) is 42.9 Å². The van der Waals surface area contributed by atoms with E-state index in [0.29, 0.717) is 0 Å². The lowest BCUT2D eigenvalue weighted by Gasteiger charge is -2.30. The molecule has 0 aliphatic carbocycles. The number of aromatic nitrogens is 2. The van der Waals surface area contributed by atoms with Crippen LogP contribution in [-0.2, 0) is 0 Å². The van der Waals surface area contributed by atoms with Gasteiger partial charge in [-0.15, -0.1) is 0 Å². The van der Waals surface area contributed by atoms with Crippen LogP contribution < -0.4 is 10.2 Å². The Morgan fingerprint density at radius 1 is 1.25 bits per heavy atom. The van der Waals surface area contributed by atoms with Crippen molar-refractivity contribution in [2.24, 2.45) is 0 Å². The van der Waals surface area contributed by atoms with Crippen molar-refractivity contribution in [3.8, 4) is 0 Å². The molecule has 0 saturated carbocycles. The Balaban J connectivity index is 2.10. The summed E-state index contributed by atoms with van der Waals surface area (Å²) in [6, 6.07) is 6.33. The van der Waals surface area contributed by atoms with Gasteiger partial charge >= 0.3 is 0 Å². The van der Waals surface area contributed by atoms with Crippen LogP contribution in [0.25, 0.3) is 10.9 Å². The topological polar surface area (TPSA) is 44.0 Å². The Morgan fingerprint density at radius 3 is 2.88 bits per heavy atom. The highest BCUT2D eigenvalue weighted by Gasteiger charge is 2.15. The van der Waals surface area contributed by atoms with Crippen molar-refractivity contribution in [2.75, 3.05) is 31.1 Å². The number of hydrogen-bond acceptors (Lipinski definition) is 3. The molecule has 2 N–H and O–H groups in total. The molecule has 3 rings (SSSR count). The van der Waals surface area contributed by atoms with Gasteiger partial charge in [0.05, 0.1) is 5.52 Å². The number of fused-ring (bicyclic) bond motifs is 1. The van der Waals surface area contributed by atoms with E-state index in [1.807, 2.05) is 0 Å². The first-order valence-corrected chi connectivity index (χ1v) is 5.75. The van der Waals surface area contributed by atoms with Crippen LogP contribution in [0.5, 0.6) is 0 Å². The van der Waals surface area contributed by atoms with Crippen LogP contribution in [0.1, 0.15) is 5.69 Å². The largest absolute Gasteiger partial charge is 0.368 e. The van der Waals surface area contributed by atoms with Crippen molar-refractivity contribution in [3.05, 3.63) is 23.9 Å². The number of benzene rings is 1. The maximum absolute atomic E-state index is 4.31. The zero-order valence-electron chi connectivity index (χ0n) is 9.45. The summed E-state index contributed by atoms with van der Waals surface area (Å²) in [5.74, 6) is 0. The van der Waals surface area contributed by atoms with E-state index in [1.54, 1.807) is 0 Å². The number of piperazine rings is 1. The molecule has 1 aromatic heterocycles. The van der Waals surface area contributed by atoms with E-state index < -0.39 is 0 Å². The van der Waals surface area contributed by atoms with Crippen molar-refractivity contribution in [2.45, 2.75) is 6.92 Å². The first-order chi connectivity index (χ1) is 7.86. The van der Waals surface area contributed by atoms with Gasteiger partial charge in [0.1, 0.15) is 0 Å². The molecule has 1 aromatic carbocycles. The molecular formula is C12H16N4. The van der Waals surface area contributed by atoms with E-state index >= 15 is 0 Å². The van der Waals surface area contributed by atoms with Gasteiger partial charge < -0.3 is 10.2 Å². The number of hydrogen-bond donors (Lipinski definition) is 2. The predicted octanol–water partition coefficient (Wildman–Crippen LogP) is 1.28. The molecule has 1 aliphatic rings. The summed E-state index contributed by atoms with van der Waals surface area (Å²) in [4.78, 5) is 2.43. The van der Waals surface area contributed by atoms with Crippen molar-refractivity contribution in [1.29, 1.82) is 0 Å². The molecule has 4 nitrogen and oxygen atoms in total. The zero-order valence-corrected chi connectivity index (χ0v) is 9.45. The molecule has 0 bridgehead atoms. The molecule has 0 atom stereocenters. The van der Waals surface area contributed by atoms with Gasteiger partial charge in [0.15, 0.2) is 0 Å². The molecule has 4 heteroatoms. The number of anilines is 1. The third-order valence-corrected chi connectivity index (χ3v) is 3.20. The fourth-order valence-electron chi connectivity index (χ4n) is 2.37. The fourth-order valence-corrected chi connectivity index (χ4v) is 2.37. The summed E-state index contributed by atoms with van der Waals surface area (Å²) in [6.45, 7) is 6.36. The first-order valence-electron chi connectivity index (χ1n) is 5.75. The lowest BCUT2D eigenvalue weighted by molar-refractivity contribution is 0.590. The van der Waals surface area contributed by atoms with Crippen molar-refractivity contribution in [1.82, 2.24) is 15.5 Å². The Bertz CT molecular complexity index is 497. The van der Waals surface area contributed by atoms with Gasteiger partial charge in [-0.05, 0) is 19.1 Å². The summed E-state index contributed by atoms with van der Waals surface area (Å²) in [5, 5.41) is 12.0. The molecule has 1 fully saturated rings. The average Bonchev–Trinajstić information content (AvgIpc) is 2.73. The fraction of sp³-hybridized carbons (Fsp3) is 0.417. The maximum atomic E-state index is 4.31. The van der Waals surface area contributed by atoms with E-state index in [-0.39, 0.29) is 0 Å². The normalized spacial score (nSPS) is 16.9. The minimum Gasteiger partial charge on any atom is -0.368 e. The number of aryl methyl sites for hydroxylation is 1. The smallest absolute Gasteiger partial charge is 0.0944 e. The van der Waals surface area contributed by atoms with Crippen molar-refractivity contribution in [3.63, 3.8) is 0 Å². The second kappa shape index (κ2) is 3.79. The van der Waals surface area contributed by atoms with Crippen LogP contribution in [0, 0.1) is 6.92 Å². The standard InChI is InChI=1S/C12H16N4/c1-9-12-10(15-14-9)3-2-4-11(12)16-7-5-13-6-8-16/h2-4,13H,5-8H2,1H3,(H,14,15). The first kappa shape index (κ1) is 9.66. The van der Waals surface area contributed by atoms with Crippen molar-refractivity contribution >= 4 is 16.6 Å². The molecule has 0 radical (unpaired) electrons. The highest BCUT2D eigenvalue weighted by molar-refractivity contribution is 5.94. The van der Waals surface area contributed by atoms with Gasteiger partial charge in [-0.25, -0.2) is 0 Å². The number of nitrogens with zero attached hydrogens (tertiary/aromatic N) is 2. The van der Waals surface area contributed by atoms with E-state index in [2.05, 4.69) is 45.5 Å². The predicted molar refractivity (Wildman–Crippen MR) is 65.9 cm³/mol. The second-order valence-corrected chi connectivity index (χ2v) is 4.26. The molecule has 1 saturated heterocycles. The van der Waals surface area contributed by atoms with E-state index in [0.717, 1.165) is 37.4 Å². The van der Waals surface area contributed by atoms with Gasteiger partial charge in [0.25, 0.3) is 0 Å². The summed E-state index contributed by atoms with van der Waals surface area (Å²) < 4.78 is 0. The zero-order chi connectivity index (χ0) is 11.0. The summed E-state index contributed by atoms with van der Waals surface area (Å²) in [6.07, 6.45) is 0. The van der Waals surface area contributed by atoms with Crippen LogP contribution in [0.4, 0.5) is 5.69 Å². The van der Waals surface area contributed by atoms with E-state index in [1.165, 1.54) is 11.1 Å². The molecule has 0 amide bonds. The second-order valence-electron chi connectivity index (χ2n) is 4.26. The quantitative estimate of drug-likeness (QED) is 0.754. The minimum absolute atomic E-state index is 1.06. The van der Waals surface area contributed by atoms with Crippen LogP contribution >= 0.6 is 0 Å². The van der Waals surface area contributed by atoms with Crippen LogP contribution in [0.3, 0.4) is 0 Å². The molecule has 0 spiro atoms. The highest BCUT2D eigenvalue weighted by Crippen LogP contribution is 2.28. The third-order valence-electron chi connectivity index (χ3n) is 3.20. The number of H-pyrrole nitrogens is 1.